The third kappa shape index (κ3) is 6.01. The van der Waals surface area contributed by atoms with Gasteiger partial charge in [0.15, 0.2) is 0 Å². The van der Waals surface area contributed by atoms with Crippen LogP contribution in [0, 0.1) is 0 Å². The van der Waals surface area contributed by atoms with E-state index < -0.39 is 0 Å². The first-order valence-corrected chi connectivity index (χ1v) is 21.6. The van der Waals surface area contributed by atoms with Gasteiger partial charge >= 0.3 is 0 Å². The second-order valence-electron chi connectivity index (χ2n) is 15.6. The highest BCUT2D eigenvalue weighted by atomic mass is 32.1. The maximum atomic E-state index is 6.75. The lowest BCUT2D eigenvalue weighted by molar-refractivity contribution is 0.669. The van der Waals surface area contributed by atoms with E-state index in [9.17, 15) is 0 Å². The Morgan fingerprint density at radius 2 is 0.934 bits per heavy atom. The minimum absolute atomic E-state index is 0.856. The predicted molar refractivity (Wildman–Crippen MR) is 261 cm³/mol. The average molecular weight is 796 g/mol. The van der Waals surface area contributed by atoms with Gasteiger partial charge in [-0.25, -0.2) is 0 Å². The van der Waals surface area contributed by atoms with Crippen molar-refractivity contribution in [1.82, 2.24) is 0 Å². The van der Waals surface area contributed by atoms with Crippen LogP contribution in [0.5, 0.6) is 0 Å². The van der Waals surface area contributed by atoms with Crippen molar-refractivity contribution in [2.24, 2.45) is 0 Å². The smallest absolute Gasteiger partial charge is 0.137 e. The molecule has 0 N–H and O–H groups in total. The van der Waals surface area contributed by atoms with Crippen LogP contribution in [0.25, 0.3) is 97.4 Å². The number of furan rings is 1. The molecule has 0 radical (unpaired) electrons. The van der Waals surface area contributed by atoms with Gasteiger partial charge in [-0.3, -0.25) is 0 Å². The molecular weight excluding hydrogens is 759 g/mol. The minimum Gasteiger partial charge on any atom is -0.456 e. The Kier molecular flexibility index (Phi) is 8.39. The Hall–Kier alpha value is -7.72. The molecule has 0 spiro atoms. The van der Waals surface area contributed by atoms with Gasteiger partial charge in [-0.15, -0.1) is 11.3 Å². The molecule has 0 bridgehead atoms. The number of fused-ring (bicyclic) bond motifs is 7. The Morgan fingerprint density at radius 1 is 0.344 bits per heavy atom. The summed E-state index contributed by atoms with van der Waals surface area (Å²) in [6.07, 6.45) is 0. The summed E-state index contributed by atoms with van der Waals surface area (Å²) in [5.74, 6) is 0. The van der Waals surface area contributed by atoms with Gasteiger partial charge in [0, 0.05) is 31.2 Å². The fraction of sp³-hybridized carbons (Fsp3) is 0. The molecular formula is C58H37NOS. The molecule has 0 unspecified atom stereocenters. The van der Waals surface area contributed by atoms with Crippen molar-refractivity contribution < 1.29 is 4.42 Å². The minimum atomic E-state index is 0.856. The molecule has 12 rings (SSSR count). The summed E-state index contributed by atoms with van der Waals surface area (Å²) < 4.78 is 9.26. The third-order valence-electron chi connectivity index (χ3n) is 12.1. The zero-order valence-electron chi connectivity index (χ0n) is 33.1. The molecule has 286 valence electrons. The standard InChI is InChI=1S/C58H37NOS/c1-4-14-38(15-5-1)43-28-32-49-54(36-43)60-53-25-13-24-51(56(49)53)59(45-30-26-42(27-31-45)47-23-12-21-40-20-10-11-22-46(40)47)52-35-34-48(41-18-8-3-9-19-41)58-57(52)50-33-29-44(37-55(50)61-58)39-16-6-2-7-17-39/h1-37H. The van der Waals surface area contributed by atoms with Crippen molar-refractivity contribution in [1.29, 1.82) is 0 Å². The average Bonchev–Trinajstić information content (AvgIpc) is 3.91. The topological polar surface area (TPSA) is 16.4 Å². The lowest BCUT2D eigenvalue weighted by atomic mass is 9.97. The Bertz CT molecular complexity index is 3560. The number of benzene rings is 10. The van der Waals surface area contributed by atoms with Crippen molar-refractivity contribution in [3.63, 3.8) is 0 Å². The van der Waals surface area contributed by atoms with Crippen molar-refractivity contribution >= 4 is 81.3 Å². The van der Waals surface area contributed by atoms with E-state index in [-0.39, 0.29) is 0 Å². The van der Waals surface area contributed by atoms with E-state index in [4.69, 9.17) is 4.42 Å². The molecule has 0 saturated carbocycles. The molecule has 0 fully saturated rings. The van der Waals surface area contributed by atoms with Crippen LogP contribution in [0.1, 0.15) is 0 Å². The molecule has 2 aromatic heterocycles. The highest BCUT2D eigenvalue weighted by Gasteiger charge is 2.25. The molecule has 0 aliphatic rings. The van der Waals surface area contributed by atoms with Crippen molar-refractivity contribution in [2.45, 2.75) is 0 Å². The number of hydrogen-bond donors (Lipinski definition) is 0. The predicted octanol–water partition coefficient (Wildman–Crippen LogP) is 17.2. The monoisotopic (exact) mass is 795 g/mol. The van der Waals surface area contributed by atoms with E-state index >= 15 is 0 Å². The highest BCUT2D eigenvalue weighted by molar-refractivity contribution is 7.26. The third-order valence-corrected chi connectivity index (χ3v) is 13.3. The molecule has 10 aromatic carbocycles. The molecule has 12 aromatic rings. The molecule has 0 aliphatic heterocycles. The number of thiophene rings is 1. The highest BCUT2D eigenvalue weighted by Crippen LogP contribution is 2.51. The van der Waals surface area contributed by atoms with Gasteiger partial charge in [0.2, 0.25) is 0 Å². The van der Waals surface area contributed by atoms with Crippen LogP contribution >= 0.6 is 11.3 Å². The summed E-state index contributed by atoms with van der Waals surface area (Å²) >= 11 is 1.88. The van der Waals surface area contributed by atoms with Gasteiger partial charge < -0.3 is 9.32 Å². The fourth-order valence-electron chi connectivity index (χ4n) is 9.18. The van der Waals surface area contributed by atoms with Crippen LogP contribution < -0.4 is 4.90 Å². The molecule has 0 atom stereocenters. The SMILES string of the molecule is c1ccc(-c2ccc3c(c2)oc2cccc(N(c4ccc(-c5cccc6ccccc56)cc4)c4ccc(-c5ccccc5)c5sc6cc(-c7ccccc7)ccc6c45)c23)cc1. The van der Waals surface area contributed by atoms with Crippen LogP contribution in [-0.2, 0) is 0 Å². The summed E-state index contributed by atoms with van der Waals surface area (Å²) in [6.45, 7) is 0. The summed E-state index contributed by atoms with van der Waals surface area (Å²) in [5, 5.41) is 7.12. The van der Waals surface area contributed by atoms with E-state index in [0.717, 1.165) is 44.6 Å². The van der Waals surface area contributed by atoms with E-state index in [1.807, 2.05) is 11.3 Å². The molecule has 0 aliphatic carbocycles. The molecule has 2 nitrogen and oxygen atoms in total. The summed E-state index contributed by atoms with van der Waals surface area (Å²) in [5.41, 5.74) is 14.5. The number of nitrogens with zero attached hydrogens (tertiary/aromatic N) is 1. The van der Waals surface area contributed by atoms with E-state index in [2.05, 4.69) is 229 Å². The van der Waals surface area contributed by atoms with E-state index in [1.54, 1.807) is 0 Å². The number of rotatable bonds is 7. The normalized spacial score (nSPS) is 11.6. The molecule has 3 heteroatoms. The van der Waals surface area contributed by atoms with Crippen molar-refractivity contribution in [2.75, 3.05) is 4.90 Å². The number of hydrogen-bond acceptors (Lipinski definition) is 3. The van der Waals surface area contributed by atoms with Crippen LogP contribution in [0.4, 0.5) is 17.1 Å². The van der Waals surface area contributed by atoms with Crippen LogP contribution in [0.2, 0.25) is 0 Å². The molecule has 0 amide bonds. The first kappa shape index (κ1) is 35.2. The van der Waals surface area contributed by atoms with Gasteiger partial charge in [0.05, 0.1) is 16.8 Å². The van der Waals surface area contributed by atoms with Gasteiger partial charge in [-0.05, 0) is 104 Å². The maximum absolute atomic E-state index is 6.75. The Labute approximate surface area is 357 Å². The Morgan fingerprint density at radius 3 is 1.69 bits per heavy atom. The van der Waals surface area contributed by atoms with Gasteiger partial charge in [0.1, 0.15) is 11.2 Å². The Balaban J connectivity index is 1.12. The second kappa shape index (κ2) is 14.5. The number of anilines is 3. The van der Waals surface area contributed by atoms with E-state index in [0.29, 0.717) is 0 Å². The zero-order chi connectivity index (χ0) is 40.3. The van der Waals surface area contributed by atoms with Gasteiger partial charge in [-0.2, -0.15) is 0 Å². The van der Waals surface area contributed by atoms with Crippen molar-refractivity contribution in [3.8, 4) is 44.5 Å². The summed E-state index contributed by atoms with van der Waals surface area (Å²) in [4.78, 5) is 2.46. The fourth-order valence-corrected chi connectivity index (χ4v) is 10.5. The van der Waals surface area contributed by atoms with Crippen LogP contribution in [-0.4, -0.2) is 0 Å². The lowest BCUT2D eigenvalue weighted by Gasteiger charge is -2.28. The molecule has 0 saturated heterocycles. The quantitative estimate of drug-likeness (QED) is 0.160. The molecule has 2 heterocycles. The largest absolute Gasteiger partial charge is 0.456 e. The van der Waals surface area contributed by atoms with Gasteiger partial charge in [0.25, 0.3) is 0 Å². The van der Waals surface area contributed by atoms with Crippen LogP contribution in [0.3, 0.4) is 0 Å². The summed E-state index contributed by atoms with van der Waals surface area (Å²) in [6, 6.07) is 81.1. The van der Waals surface area contributed by atoms with E-state index in [1.165, 1.54) is 69.9 Å². The second-order valence-corrected chi connectivity index (χ2v) is 16.7. The summed E-state index contributed by atoms with van der Waals surface area (Å²) in [7, 11) is 0. The lowest BCUT2D eigenvalue weighted by Crippen LogP contribution is -2.11. The van der Waals surface area contributed by atoms with Gasteiger partial charge in [-0.1, -0.05) is 176 Å². The molecule has 61 heavy (non-hydrogen) atoms. The van der Waals surface area contributed by atoms with Crippen LogP contribution in [0.15, 0.2) is 229 Å². The zero-order valence-corrected chi connectivity index (χ0v) is 33.9. The first-order valence-electron chi connectivity index (χ1n) is 20.7. The maximum Gasteiger partial charge on any atom is 0.137 e. The van der Waals surface area contributed by atoms with Crippen molar-refractivity contribution in [3.05, 3.63) is 224 Å². The first-order chi connectivity index (χ1) is 30.2.